The molecule has 0 bridgehead atoms. The topological polar surface area (TPSA) is 107 Å². The molecule has 2 N–H and O–H groups in total. The van der Waals surface area contributed by atoms with Crippen molar-refractivity contribution in [1.82, 2.24) is 20.5 Å². The summed E-state index contributed by atoms with van der Waals surface area (Å²) in [6.45, 7) is 6.63. The van der Waals surface area contributed by atoms with E-state index in [4.69, 9.17) is 4.74 Å². The Bertz CT molecular complexity index is 1140. The van der Waals surface area contributed by atoms with Crippen LogP contribution >= 0.6 is 0 Å². The molecule has 3 heterocycles. The lowest BCUT2D eigenvalue weighted by atomic mass is 9.96. The first-order valence-electron chi connectivity index (χ1n) is 12.8. The summed E-state index contributed by atoms with van der Waals surface area (Å²) < 4.78 is 19.9. The van der Waals surface area contributed by atoms with E-state index in [0.717, 1.165) is 50.0 Å². The number of carbonyl (C=O) groups excluding carboxylic acids is 2. The first-order chi connectivity index (χ1) is 17.7. The van der Waals surface area contributed by atoms with Crippen molar-refractivity contribution in [3.8, 4) is 22.9 Å². The van der Waals surface area contributed by atoms with Gasteiger partial charge in [-0.25, -0.2) is 4.39 Å². The Morgan fingerprint density at radius 3 is 2.59 bits per heavy atom. The first kappa shape index (κ1) is 26.7. The SMILES string of the molecule is CC(C)(F)CN1CCC(COc2ccc(-c3ccc(C(=O)NC(=O)[C@@H]4CCCN4)nc3)cc2C#N)CC1. The Morgan fingerprint density at radius 2 is 1.97 bits per heavy atom. The third kappa shape index (κ3) is 7.34. The van der Waals surface area contributed by atoms with Gasteiger partial charge < -0.3 is 15.0 Å². The van der Waals surface area contributed by atoms with E-state index in [0.29, 0.717) is 36.8 Å². The summed E-state index contributed by atoms with van der Waals surface area (Å²) >= 11 is 0. The average Bonchev–Trinajstić information content (AvgIpc) is 3.43. The number of benzene rings is 1. The van der Waals surface area contributed by atoms with E-state index >= 15 is 0 Å². The van der Waals surface area contributed by atoms with E-state index in [1.165, 1.54) is 0 Å². The number of nitrogens with zero attached hydrogens (tertiary/aromatic N) is 3. The van der Waals surface area contributed by atoms with Gasteiger partial charge in [0.05, 0.1) is 18.2 Å². The van der Waals surface area contributed by atoms with Crippen molar-refractivity contribution in [3.63, 3.8) is 0 Å². The molecule has 2 aliphatic rings. The number of nitrogens with one attached hydrogen (secondary N) is 2. The highest BCUT2D eigenvalue weighted by Gasteiger charge is 2.26. The van der Waals surface area contributed by atoms with Gasteiger partial charge in [-0.05, 0) is 88.8 Å². The van der Waals surface area contributed by atoms with Crippen molar-refractivity contribution < 1.29 is 18.7 Å². The molecule has 9 heteroatoms. The van der Waals surface area contributed by atoms with E-state index in [1.807, 2.05) is 6.07 Å². The Labute approximate surface area is 217 Å². The van der Waals surface area contributed by atoms with Crippen molar-refractivity contribution in [2.75, 3.05) is 32.8 Å². The normalized spacial score (nSPS) is 18.8. The second-order valence-corrected chi connectivity index (χ2v) is 10.5. The van der Waals surface area contributed by atoms with Crippen molar-refractivity contribution >= 4 is 11.8 Å². The van der Waals surface area contributed by atoms with Crippen LogP contribution in [0.2, 0.25) is 0 Å². The lowest BCUT2D eigenvalue weighted by Gasteiger charge is -2.34. The fourth-order valence-corrected chi connectivity index (χ4v) is 4.84. The predicted octanol–water partition coefficient (Wildman–Crippen LogP) is 3.47. The van der Waals surface area contributed by atoms with Gasteiger partial charge >= 0.3 is 0 Å². The molecule has 4 rings (SSSR count). The first-order valence-corrected chi connectivity index (χ1v) is 12.8. The van der Waals surface area contributed by atoms with Gasteiger partial charge in [0.1, 0.15) is 23.2 Å². The van der Waals surface area contributed by atoms with Gasteiger partial charge in [-0.1, -0.05) is 12.1 Å². The summed E-state index contributed by atoms with van der Waals surface area (Å²) in [5.74, 6) is 0.0221. The lowest BCUT2D eigenvalue weighted by molar-refractivity contribution is -0.121. The third-order valence-corrected chi connectivity index (χ3v) is 6.82. The van der Waals surface area contributed by atoms with E-state index in [2.05, 4.69) is 26.6 Å². The van der Waals surface area contributed by atoms with Gasteiger partial charge in [0.15, 0.2) is 0 Å². The zero-order chi connectivity index (χ0) is 26.4. The zero-order valence-electron chi connectivity index (χ0n) is 21.4. The number of ether oxygens (including phenoxy) is 1. The maximum absolute atomic E-state index is 13.9. The second-order valence-electron chi connectivity index (χ2n) is 10.5. The molecule has 0 aliphatic carbocycles. The standard InChI is InChI=1S/C28H34FN5O3/c1-28(2,29)18-34-12-9-19(10-13-34)17-37-25-8-6-20(14-22(25)15-30)21-5-7-24(32-16-21)27(36)33-26(35)23-4-3-11-31-23/h5-8,14,16,19,23,31H,3-4,9-13,17-18H2,1-2H3,(H,33,35,36)/t23-/m0/s1. The minimum Gasteiger partial charge on any atom is -0.492 e. The number of halogens is 1. The molecule has 0 unspecified atom stereocenters. The molecular formula is C28H34FN5O3. The van der Waals surface area contributed by atoms with E-state index in [1.54, 1.807) is 44.3 Å². The number of nitriles is 1. The summed E-state index contributed by atoms with van der Waals surface area (Å²) in [7, 11) is 0. The number of rotatable bonds is 8. The van der Waals surface area contributed by atoms with Gasteiger partial charge in [-0.2, -0.15) is 5.26 Å². The number of imide groups is 1. The Kier molecular flexibility index (Phi) is 8.52. The summed E-state index contributed by atoms with van der Waals surface area (Å²) in [6.07, 6.45) is 5.05. The van der Waals surface area contributed by atoms with Crippen LogP contribution in [0, 0.1) is 17.2 Å². The van der Waals surface area contributed by atoms with Crippen molar-refractivity contribution in [2.45, 2.75) is 51.2 Å². The molecule has 0 radical (unpaired) electrons. The highest BCUT2D eigenvalue weighted by Crippen LogP contribution is 2.28. The maximum Gasteiger partial charge on any atom is 0.276 e. The molecule has 2 aromatic rings. The second kappa shape index (κ2) is 11.8. The zero-order valence-corrected chi connectivity index (χ0v) is 21.4. The maximum atomic E-state index is 13.9. The van der Waals surface area contributed by atoms with Crippen LogP contribution in [0.4, 0.5) is 4.39 Å². The number of amides is 2. The van der Waals surface area contributed by atoms with E-state index in [9.17, 15) is 19.2 Å². The van der Waals surface area contributed by atoms with Gasteiger partial charge in [0.2, 0.25) is 5.91 Å². The molecule has 1 aromatic heterocycles. The van der Waals surface area contributed by atoms with Gasteiger partial charge in [-0.15, -0.1) is 0 Å². The number of carbonyl (C=O) groups is 2. The van der Waals surface area contributed by atoms with Gasteiger partial charge in [-0.3, -0.25) is 19.9 Å². The van der Waals surface area contributed by atoms with Crippen molar-refractivity contribution in [1.29, 1.82) is 5.26 Å². The molecule has 1 aromatic carbocycles. The van der Waals surface area contributed by atoms with Gasteiger partial charge in [0, 0.05) is 18.3 Å². The Balaban J connectivity index is 1.32. The van der Waals surface area contributed by atoms with Crippen LogP contribution in [0.3, 0.4) is 0 Å². The van der Waals surface area contributed by atoms with Crippen molar-refractivity contribution in [2.24, 2.45) is 5.92 Å². The van der Waals surface area contributed by atoms with Crippen LogP contribution in [-0.4, -0.2) is 66.2 Å². The van der Waals surface area contributed by atoms with E-state index < -0.39 is 11.6 Å². The quantitative estimate of drug-likeness (QED) is 0.527. The Hall–Kier alpha value is -3.35. The number of alkyl halides is 1. The molecule has 0 spiro atoms. The summed E-state index contributed by atoms with van der Waals surface area (Å²) in [6, 6.07) is 10.5. The molecule has 0 saturated carbocycles. The van der Waals surface area contributed by atoms with Crippen LogP contribution in [0.5, 0.6) is 5.75 Å². The third-order valence-electron chi connectivity index (χ3n) is 6.82. The average molecular weight is 508 g/mol. The monoisotopic (exact) mass is 507 g/mol. The molecule has 1 atom stereocenters. The molecule has 2 aliphatic heterocycles. The van der Waals surface area contributed by atoms with Crippen LogP contribution in [0.25, 0.3) is 11.1 Å². The van der Waals surface area contributed by atoms with Gasteiger partial charge in [0.25, 0.3) is 5.91 Å². The fraction of sp³-hybridized carbons (Fsp3) is 0.500. The number of hydrogen-bond donors (Lipinski definition) is 2. The molecule has 2 saturated heterocycles. The summed E-state index contributed by atoms with van der Waals surface area (Å²) in [5, 5.41) is 15.1. The molecular weight excluding hydrogens is 473 g/mol. The number of likely N-dealkylation sites (tertiary alicyclic amines) is 1. The van der Waals surface area contributed by atoms with Crippen LogP contribution in [0.15, 0.2) is 36.5 Å². The van der Waals surface area contributed by atoms with Crippen LogP contribution in [-0.2, 0) is 4.79 Å². The van der Waals surface area contributed by atoms with E-state index in [-0.39, 0.29) is 17.6 Å². The number of aromatic nitrogens is 1. The van der Waals surface area contributed by atoms with Crippen LogP contribution in [0.1, 0.15) is 55.6 Å². The predicted molar refractivity (Wildman–Crippen MR) is 138 cm³/mol. The minimum absolute atomic E-state index is 0.150. The number of hydrogen-bond acceptors (Lipinski definition) is 7. The summed E-state index contributed by atoms with van der Waals surface area (Å²) in [5.41, 5.74) is 0.895. The summed E-state index contributed by atoms with van der Waals surface area (Å²) in [4.78, 5) is 30.9. The number of pyridine rings is 1. The molecule has 2 amide bonds. The molecule has 196 valence electrons. The smallest absolute Gasteiger partial charge is 0.276 e. The van der Waals surface area contributed by atoms with Crippen LogP contribution < -0.4 is 15.4 Å². The minimum atomic E-state index is -1.19. The lowest BCUT2D eigenvalue weighted by Crippen LogP contribution is -2.43. The fourth-order valence-electron chi connectivity index (χ4n) is 4.84. The largest absolute Gasteiger partial charge is 0.492 e. The van der Waals surface area contributed by atoms with Crippen molar-refractivity contribution in [3.05, 3.63) is 47.8 Å². The highest BCUT2D eigenvalue weighted by atomic mass is 19.1. The molecule has 8 nitrogen and oxygen atoms in total. The Morgan fingerprint density at radius 1 is 1.22 bits per heavy atom. The molecule has 2 fully saturated rings. The highest BCUT2D eigenvalue weighted by molar-refractivity contribution is 6.05. The number of piperidine rings is 1. The molecule has 37 heavy (non-hydrogen) atoms.